The van der Waals surface area contributed by atoms with Crippen molar-refractivity contribution in [1.82, 2.24) is 5.32 Å². The van der Waals surface area contributed by atoms with Crippen LogP contribution in [0, 0.1) is 0 Å². The quantitative estimate of drug-likeness (QED) is 0.874. The summed E-state index contributed by atoms with van der Waals surface area (Å²) >= 11 is 0. The summed E-state index contributed by atoms with van der Waals surface area (Å²) in [6, 6.07) is 2.59. The third-order valence-corrected chi connectivity index (χ3v) is 3.92. The van der Waals surface area contributed by atoms with Gasteiger partial charge in [-0.3, -0.25) is 0 Å². The molecule has 2 aliphatic rings. The number of fused-ring (bicyclic) bond motifs is 1. The second-order valence-corrected chi connectivity index (χ2v) is 5.14. The molecule has 1 aliphatic heterocycles. The van der Waals surface area contributed by atoms with Gasteiger partial charge in [-0.05, 0) is 38.2 Å². The third-order valence-electron chi connectivity index (χ3n) is 3.92. The molecule has 2 atom stereocenters. The first kappa shape index (κ1) is 11.3. The molecule has 0 spiro atoms. The number of aryl methyl sites for hydroxylation is 1. The van der Waals surface area contributed by atoms with Gasteiger partial charge < -0.3 is 14.5 Å². The molecule has 0 amide bonds. The standard InChI is InChI=1S/C14H21NO2/c1-2-8-16-11(4-1)10-15-13-5-3-6-14-12(13)7-9-17-14/h7,9,11,13,15H,1-6,8,10H2. The Labute approximate surface area is 103 Å². The molecule has 0 bridgehead atoms. The number of hydrogen-bond donors (Lipinski definition) is 1. The Morgan fingerprint density at radius 2 is 2.24 bits per heavy atom. The molecule has 3 heteroatoms. The highest BCUT2D eigenvalue weighted by atomic mass is 16.5. The second kappa shape index (κ2) is 5.23. The minimum absolute atomic E-state index is 0.418. The Morgan fingerprint density at radius 3 is 3.12 bits per heavy atom. The molecule has 1 saturated heterocycles. The smallest absolute Gasteiger partial charge is 0.108 e. The van der Waals surface area contributed by atoms with Crippen LogP contribution in [-0.2, 0) is 11.2 Å². The molecule has 2 heterocycles. The number of hydrogen-bond acceptors (Lipinski definition) is 3. The number of furan rings is 1. The monoisotopic (exact) mass is 235 g/mol. The van der Waals surface area contributed by atoms with E-state index in [1.165, 1.54) is 43.4 Å². The molecule has 0 aromatic carbocycles. The molecular weight excluding hydrogens is 214 g/mol. The average Bonchev–Trinajstić information content (AvgIpc) is 2.86. The molecule has 0 saturated carbocycles. The predicted octanol–water partition coefficient (Wildman–Crippen LogP) is 2.82. The number of ether oxygens (including phenoxy) is 1. The maximum Gasteiger partial charge on any atom is 0.108 e. The van der Waals surface area contributed by atoms with Gasteiger partial charge in [0.05, 0.1) is 12.4 Å². The minimum atomic E-state index is 0.418. The summed E-state index contributed by atoms with van der Waals surface area (Å²) in [6.45, 7) is 1.92. The fraction of sp³-hybridized carbons (Fsp3) is 0.714. The van der Waals surface area contributed by atoms with E-state index in [4.69, 9.17) is 9.15 Å². The van der Waals surface area contributed by atoms with Crippen LogP contribution in [0.3, 0.4) is 0 Å². The maximum atomic E-state index is 5.75. The van der Waals surface area contributed by atoms with E-state index in [0.717, 1.165) is 19.6 Å². The molecule has 0 radical (unpaired) electrons. The Bertz CT molecular complexity index is 355. The lowest BCUT2D eigenvalue weighted by atomic mass is 9.93. The molecule has 2 unspecified atom stereocenters. The molecule has 3 rings (SSSR count). The first-order chi connectivity index (χ1) is 8.43. The summed E-state index contributed by atoms with van der Waals surface area (Å²) in [5, 5.41) is 3.65. The van der Waals surface area contributed by atoms with Gasteiger partial charge in [0.15, 0.2) is 0 Å². The van der Waals surface area contributed by atoms with Crippen LogP contribution in [0.1, 0.15) is 49.5 Å². The number of rotatable bonds is 3. The van der Waals surface area contributed by atoms with E-state index in [1.807, 2.05) is 6.26 Å². The van der Waals surface area contributed by atoms with Crippen molar-refractivity contribution in [3.63, 3.8) is 0 Å². The molecule has 1 fully saturated rings. The fourth-order valence-electron chi connectivity index (χ4n) is 2.94. The van der Waals surface area contributed by atoms with Crippen LogP contribution >= 0.6 is 0 Å². The SMILES string of the molecule is c1cc2c(o1)CCCC2NCC1CCCCO1. The largest absolute Gasteiger partial charge is 0.469 e. The molecule has 94 valence electrons. The van der Waals surface area contributed by atoms with Crippen molar-refractivity contribution < 1.29 is 9.15 Å². The molecule has 17 heavy (non-hydrogen) atoms. The lowest BCUT2D eigenvalue weighted by Crippen LogP contribution is -2.35. The van der Waals surface area contributed by atoms with Crippen LogP contribution in [0.4, 0.5) is 0 Å². The highest BCUT2D eigenvalue weighted by Gasteiger charge is 2.23. The van der Waals surface area contributed by atoms with Crippen LogP contribution in [0.15, 0.2) is 16.7 Å². The average molecular weight is 235 g/mol. The van der Waals surface area contributed by atoms with Crippen LogP contribution < -0.4 is 5.32 Å². The lowest BCUT2D eigenvalue weighted by molar-refractivity contribution is 0.0150. The van der Waals surface area contributed by atoms with Gasteiger partial charge in [-0.15, -0.1) is 0 Å². The Morgan fingerprint density at radius 1 is 1.24 bits per heavy atom. The van der Waals surface area contributed by atoms with Gasteiger partial charge in [0, 0.05) is 31.2 Å². The van der Waals surface area contributed by atoms with Gasteiger partial charge in [-0.2, -0.15) is 0 Å². The van der Waals surface area contributed by atoms with Crippen LogP contribution in [-0.4, -0.2) is 19.3 Å². The zero-order chi connectivity index (χ0) is 11.5. The first-order valence-electron chi connectivity index (χ1n) is 6.85. The molecule has 1 aromatic rings. The van der Waals surface area contributed by atoms with E-state index in [-0.39, 0.29) is 0 Å². The van der Waals surface area contributed by atoms with Crippen molar-refractivity contribution in [3.05, 3.63) is 23.7 Å². The minimum Gasteiger partial charge on any atom is -0.469 e. The topological polar surface area (TPSA) is 34.4 Å². The normalized spacial score (nSPS) is 28.9. The lowest BCUT2D eigenvalue weighted by Gasteiger charge is -2.27. The van der Waals surface area contributed by atoms with E-state index in [2.05, 4.69) is 11.4 Å². The Hall–Kier alpha value is -0.800. The summed E-state index contributed by atoms with van der Waals surface area (Å²) in [5.74, 6) is 1.18. The van der Waals surface area contributed by atoms with Crippen LogP contribution in [0.5, 0.6) is 0 Å². The fourth-order valence-corrected chi connectivity index (χ4v) is 2.94. The van der Waals surface area contributed by atoms with Crippen molar-refractivity contribution in [2.75, 3.05) is 13.2 Å². The molecule has 3 nitrogen and oxygen atoms in total. The summed E-state index contributed by atoms with van der Waals surface area (Å²) in [7, 11) is 0. The van der Waals surface area contributed by atoms with E-state index in [9.17, 15) is 0 Å². The summed E-state index contributed by atoms with van der Waals surface area (Å²) in [5.41, 5.74) is 1.37. The maximum absolute atomic E-state index is 5.75. The van der Waals surface area contributed by atoms with Gasteiger partial charge in [0.25, 0.3) is 0 Å². The van der Waals surface area contributed by atoms with Crippen molar-refractivity contribution in [3.8, 4) is 0 Å². The van der Waals surface area contributed by atoms with Crippen molar-refractivity contribution in [1.29, 1.82) is 0 Å². The first-order valence-corrected chi connectivity index (χ1v) is 6.85. The van der Waals surface area contributed by atoms with E-state index in [1.54, 1.807) is 0 Å². The van der Waals surface area contributed by atoms with Gasteiger partial charge in [0.1, 0.15) is 5.76 Å². The van der Waals surface area contributed by atoms with Crippen molar-refractivity contribution in [2.45, 2.75) is 50.7 Å². The van der Waals surface area contributed by atoms with E-state index < -0.39 is 0 Å². The van der Waals surface area contributed by atoms with Crippen molar-refractivity contribution >= 4 is 0 Å². The number of nitrogens with one attached hydrogen (secondary N) is 1. The van der Waals surface area contributed by atoms with E-state index >= 15 is 0 Å². The van der Waals surface area contributed by atoms with Gasteiger partial charge >= 0.3 is 0 Å². The third kappa shape index (κ3) is 2.55. The van der Waals surface area contributed by atoms with Gasteiger partial charge in [0.2, 0.25) is 0 Å². The summed E-state index contributed by atoms with van der Waals surface area (Å²) in [4.78, 5) is 0. The van der Waals surface area contributed by atoms with Gasteiger partial charge in [-0.1, -0.05) is 0 Å². The second-order valence-electron chi connectivity index (χ2n) is 5.14. The molecule has 1 aromatic heterocycles. The zero-order valence-corrected chi connectivity index (χ0v) is 10.3. The molecule has 1 N–H and O–H groups in total. The van der Waals surface area contributed by atoms with Crippen LogP contribution in [0.25, 0.3) is 0 Å². The summed E-state index contributed by atoms with van der Waals surface area (Å²) in [6.07, 6.45) is 9.53. The van der Waals surface area contributed by atoms with Gasteiger partial charge in [-0.25, -0.2) is 0 Å². The van der Waals surface area contributed by atoms with Crippen LogP contribution in [0.2, 0.25) is 0 Å². The summed E-state index contributed by atoms with van der Waals surface area (Å²) < 4.78 is 11.3. The predicted molar refractivity (Wildman–Crippen MR) is 66.0 cm³/mol. The highest BCUT2D eigenvalue weighted by Crippen LogP contribution is 2.30. The molecule has 1 aliphatic carbocycles. The molecular formula is C14H21NO2. The highest BCUT2D eigenvalue weighted by molar-refractivity contribution is 5.24. The zero-order valence-electron chi connectivity index (χ0n) is 10.3. The van der Waals surface area contributed by atoms with Crippen molar-refractivity contribution in [2.24, 2.45) is 0 Å². The Balaban J connectivity index is 1.56. The Kier molecular flexibility index (Phi) is 3.48. The van der Waals surface area contributed by atoms with E-state index in [0.29, 0.717) is 12.1 Å².